The summed E-state index contributed by atoms with van der Waals surface area (Å²) >= 11 is 0. The van der Waals surface area contributed by atoms with Gasteiger partial charge in [-0.1, -0.05) is 20.8 Å². The fourth-order valence-electron chi connectivity index (χ4n) is 2.16. The largest absolute Gasteiger partial charge is 0.308 e. The Bertz CT molecular complexity index is 393. The van der Waals surface area contributed by atoms with Gasteiger partial charge in [0.05, 0.1) is 0 Å². The van der Waals surface area contributed by atoms with Crippen LogP contribution in [0, 0.1) is 5.41 Å². The van der Waals surface area contributed by atoms with Crippen LogP contribution in [0.25, 0.3) is 0 Å². The molecule has 0 radical (unpaired) electrons. The zero-order chi connectivity index (χ0) is 11.8. The first-order valence-electron chi connectivity index (χ1n) is 5.85. The van der Waals surface area contributed by atoms with Gasteiger partial charge in [-0.05, 0) is 24.7 Å². The van der Waals surface area contributed by atoms with Gasteiger partial charge in [-0.15, -0.1) is 0 Å². The number of rotatable bonds is 2. The van der Waals surface area contributed by atoms with E-state index in [9.17, 15) is 0 Å². The lowest BCUT2D eigenvalue weighted by molar-refractivity contribution is 0.400. The van der Waals surface area contributed by atoms with E-state index in [4.69, 9.17) is 5.84 Å². The van der Waals surface area contributed by atoms with Gasteiger partial charge in [0.15, 0.2) is 0 Å². The number of nitrogens with zero attached hydrogens (tertiary/aromatic N) is 2. The van der Waals surface area contributed by atoms with E-state index in [0.717, 1.165) is 37.3 Å². The van der Waals surface area contributed by atoms with Gasteiger partial charge in [-0.3, -0.25) is 0 Å². The van der Waals surface area contributed by atoms with Gasteiger partial charge in [0.2, 0.25) is 0 Å². The third-order valence-corrected chi connectivity index (χ3v) is 2.80. The van der Waals surface area contributed by atoms with E-state index < -0.39 is 0 Å². The molecular formula is C12H20N4. The average molecular weight is 220 g/mol. The molecule has 1 aliphatic carbocycles. The van der Waals surface area contributed by atoms with Gasteiger partial charge in [0.1, 0.15) is 11.6 Å². The second kappa shape index (κ2) is 4.01. The molecule has 0 saturated heterocycles. The number of hydrogen-bond donors (Lipinski definition) is 2. The summed E-state index contributed by atoms with van der Waals surface area (Å²) in [5, 5.41) is 0. The van der Waals surface area contributed by atoms with Gasteiger partial charge in [-0.2, -0.15) is 0 Å². The summed E-state index contributed by atoms with van der Waals surface area (Å²) in [6.07, 6.45) is 4.15. The minimum atomic E-state index is 0.207. The standard InChI is InChI=1S/C12H20N4/c1-12(2,3)7-10-14-9-6-4-5-8(9)11(15-10)16-13/h4-7,13H2,1-3H3,(H,14,15,16). The molecule has 4 nitrogen and oxygen atoms in total. The maximum atomic E-state index is 5.52. The van der Waals surface area contributed by atoms with Crippen LogP contribution in [0.15, 0.2) is 0 Å². The first-order chi connectivity index (χ1) is 7.49. The van der Waals surface area contributed by atoms with Crippen molar-refractivity contribution in [3.8, 4) is 0 Å². The van der Waals surface area contributed by atoms with Crippen molar-refractivity contribution in [3.63, 3.8) is 0 Å². The fraction of sp³-hybridized carbons (Fsp3) is 0.667. The van der Waals surface area contributed by atoms with Crippen molar-refractivity contribution in [2.75, 3.05) is 5.43 Å². The third-order valence-electron chi connectivity index (χ3n) is 2.80. The summed E-state index contributed by atoms with van der Waals surface area (Å²) in [5.41, 5.74) is 5.30. The number of nitrogens with two attached hydrogens (primary N) is 1. The lowest BCUT2D eigenvalue weighted by atomic mass is 9.92. The molecule has 16 heavy (non-hydrogen) atoms. The quantitative estimate of drug-likeness (QED) is 0.589. The predicted octanol–water partition coefficient (Wildman–Crippen LogP) is 1.84. The SMILES string of the molecule is CC(C)(C)Cc1nc2c(c(NN)n1)CCC2. The molecule has 0 unspecified atom stereocenters. The third kappa shape index (κ3) is 2.32. The number of hydrazine groups is 1. The molecule has 0 aliphatic heterocycles. The van der Waals surface area contributed by atoms with Crippen LogP contribution in [0.1, 0.15) is 44.3 Å². The number of hydrogen-bond acceptors (Lipinski definition) is 4. The van der Waals surface area contributed by atoms with Crippen molar-refractivity contribution in [1.29, 1.82) is 0 Å². The zero-order valence-corrected chi connectivity index (χ0v) is 10.3. The molecule has 1 aliphatic rings. The Hall–Kier alpha value is -1.16. The summed E-state index contributed by atoms with van der Waals surface area (Å²) in [6.45, 7) is 6.58. The summed E-state index contributed by atoms with van der Waals surface area (Å²) < 4.78 is 0. The predicted molar refractivity (Wildman–Crippen MR) is 65.0 cm³/mol. The maximum Gasteiger partial charge on any atom is 0.147 e. The van der Waals surface area contributed by atoms with Crippen LogP contribution < -0.4 is 11.3 Å². The molecule has 4 heteroatoms. The molecule has 3 N–H and O–H groups in total. The Morgan fingerprint density at radius 1 is 1.25 bits per heavy atom. The van der Waals surface area contributed by atoms with Crippen LogP contribution in [0.5, 0.6) is 0 Å². The molecule has 1 aromatic rings. The van der Waals surface area contributed by atoms with E-state index in [1.807, 2.05) is 0 Å². The molecule has 0 bridgehead atoms. The molecule has 0 amide bonds. The molecule has 0 spiro atoms. The Balaban J connectivity index is 2.35. The second-order valence-corrected chi connectivity index (χ2v) is 5.65. The van der Waals surface area contributed by atoms with E-state index >= 15 is 0 Å². The first kappa shape index (κ1) is 11.3. The molecule has 0 atom stereocenters. The molecule has 1 aromatic heterocycles. The molecule has 1 heterocycles. The number of anilines is 1. The van der Waals surface area contributed by atoms with E-state index in [1.165, 1.54) is 11.3 Å². The van der Waals surface area contributed by atoms with E-state index in [2.05, 4.69) is 36.2 Å². The number of nitrogens with one attached hydrogen (secondary N) is 1. The minimum absolute atomic E-state index is 0.207. The molecule has 2 rings (SSSR count). The van der Waals surface area contributed by atoms with Crippen LogP contribution in [0.2, 0.25) is 0 Å². The number of aryl methyl sites for hydroxylation is 1. The van der Waals surface area contributed by atoms with Crippen molar-refractivity contribution >= 4 is 5.82 Å². The van der Waals surface area contributed by atoms with E-state index in [-0.39, 0.29) is 5.41 Å². The number of aromatic nitrogens is 2. The van der Waals surface area contributed by atoms with Crippen LogP contribution in [0.4, 0.5) is 5.82 Å². The Morgan fingerprint density at radius 3 is 2.62 bits per heavy atom. The number of fused-ring (bicyclic) bond motifs is 1. The summed E-state index contributed by atoms with van der Waals surface area (Å²) in [5.74, 6) is 7.24. The fourth-order valence-corrected chi connectivity index (χ4v) is 2.16. The van der Waals surface area contributed by atoms with E-state index in [0.29, 0.717) is 0 Å². The highest BCUT2D eigenvalue weighted by Crippen LogP contribution is 2.27. The minimum Gasteiger partial charge on any atom is -0.308 e. The molecule has 88 valence electrons. The monoisotopic (exact) mass is 220 g/mol. The van der Waals surface area contributed by atoms with Crippen LogP contribution in [0.3, 0.4) is 0 Å². The van der Waals surface area contributed by atoms with Crippen molar-refractivity contribution in [1.82, 2.24) is 9.97 Å². The molecule has 0 saturated carbocycles. The molecule has 0 aromatic carbocycles. The normalized spacial score (nSPS) is 15.0. The summed E-state index contributed by atoms with van der Waals surface area (Å²) in [6, 6.07) is 0. The molecular weight excluding hydrogens is 200 g/mol. The van der Waals surface area contributed by atoms with Crippen molar-refractivity contribution in [3.05, 3.63) is 17.1 Å². The highest BCUT2D eigenvalue weighted by Gasteiger charge is 2.21. The van der Waals surface area contributed by atoms with Gasteiger partial charge in [-0.25, -0.2) is 15.8 Å². The Labute approximate surface area is 96.6 Å². The number of nitrogen functional groups attached to an aromatic ring is 1. The van der Waals surface area contributed by atoms with Crippen LogP contribution in [-0.2, 0) is 19.3 Å². The lowest BCUT2D eigenvalue weighted by Crippen LogP contribution is -2.17. The highest BCUT2D eigenvalue weighted by molar-refractivity contribution is 5.47. The van der Waals surface area contributed by atoms with Gasteiger partial charge in [0, 0.05) is 17.7 Å². The van der Waals surface area contributed by atoms with Crippen LogP contribution in [-0.4, -0.2) is 9.97 Å². The topological polar surface area (TPSA) is 63.8 Å². The van der Waals surface area contributed by atoms with Crippen LogP contribution >= 0.6 is 0 Å². The summed E-state index contributed by atoms with van der Waals surface area (Å²) in [7, 11) is 0. The smallest absolute Gasteiger partial charge is 0.147 e. The van der Waals surface area contributed by atoms with Crippen molar-refractivity contribution in [2.45, 2.75) is 46.5 Å². The molecule has 0 fully saturated rings. The Morgan fingerprint density at radius 2 is 2.00 bits per heavy atom. The van der Waals surface area contributed by atoms with Crippen molar-refractivity contribution < 1.29 is 0 Å². The zero-order valence-electron chi connectivity index (χ0n) is 10.3. The maximum absolute atomic E-state index is 5.52. The van der Waals surface area contributed by atoms with Gasteiger partial charge >= 0.3 is 0 Å². The van der Waals surface area contributed by atoms with Gasteiger partial charge < -0.3 is 5.43 Å². The Kier molecular flexibility index (Phi) is 2.84. The highest BCUT2D eigenvalue weighted by atomic mass is 15.3. The summed E-state index contributed by atoms with van der Waals surface area (Å²) in [4.78, 5) is 9.14. The van der Waals surface area contributed by atoms with Crippen molar-refractivity contribution in [2.24, 2.45) is 11.3 Å². The average Bonchev–Trinajstić information content (AvgIpc) is 2.61. The first-order valence-corrected chi connectivity index (χ1v) is 5.85. The lowest BCUT2D eigenvalue weighted by Gasteiger charge is -2.18. The van der Waals surface area contributed by atoms with E-state index in [1.54, 1.807) is 0 Å². The second-order valence-electron chi connectivity index (χ2n) is 5.65. The van der Waals surface area contributed by atoms with Gasteiger partial charge in [0.25, 0.3) is 0 Å².